The Morgan fingerprint density at radius 2 is 1.88 bits per heavy atom. The fourth-order valence-electron chi connectivity index (χ4n) is 3.51. The van der Waals surface area contributed by atoms with Crippen LogP contribution in [0.2, 0.25) is 0 Å². The topological polar surface area (TPSA) is 111 Å². The molecule has 0 fully saturated rings. The van der Waals surface area contributed by atoms with Crippen molar-refractivity contribution in [3.63, 3.8) is 0 Å². The zero-order chi connectivity index (χ0) is 23.7. The third-order valence-electron chi connectivity index (χ3n) is 5.14. The Labute approximate surface area is 197 Å². The summed E-state index contributed by atoms with van der Waals surface area (Å²) in [4.78, 5) is 40.7. The number of benzene rings is 2. The van der Waals surface area contributed by atoms with Crippen LogP contribution in [0.25, 0.3) is 22.6 Å². The number of allylic oxidation sites excluding steroid dienone is 1. The average molecular weight is 486 g/mol. The van der Waals surface area contributed by atoms with Crippen LogP contribution in [0.5, 0.6) is 5.75 Å². The molecule has 0 radical (unpaired) electrons. The lowest BCUT2D eigenvalue weighted by Gasteiger charge is -2.09. The first-order valence-electron chi connectivity index (χ1n) is 9.78. The van der Waals surface area contributed by atoms with Crippen molar-refractivity contribution in [3.05, 3.63) is 74.3 Å². The zero-order valence-corrected chi connectivity index (χ0v) is 18.8. The molecule has 1 amide bonds. The number of carbonyl (C=O) groups excluding carboxylic acids is 1. The fraction of sp³-hybridized carbons (Fsp3) is 0.130. The van der Waals surface area contributed by atoms with Crippen LogP contribution in [0, 0.1) is 0 Å². The molecule has 3 aromatic rings. The van der Waals surface area contributed by atoms with Gasteiger partial charge >= 0.3 is 5.97 Å². The summed E-state index contributed by atoms with van der Waals surface area (Å²) < 4.78 is 6.81. The molecule has 168 valence electrons. The van der Waals surface area contributed by atoms with Crippen molar-refractivity contribution in [2.75, 3.05) is 12.4 Å². The maximum absolute atomic E-state index is 13.0. The molecule has 2 N–H and O–H groups in total. The second-order valence-electron chi connectivity index (χ2n) is 7.20. The number of nitrogens with one attached hydrogen (secondary N) is 1. The van der Waals surface area contributed by atoms with Gasteiger partial charge < -0.3 is 15.2 Å². The molecule has 0 saturated carbocycles. The average Bonchev–Trinajstić information content (AvgIpc) is 3.21. The lowest BCUT2D eigenvalue weighted by molar-refractivity contribution is -0.132. The van der Waals surface area contributed by atoms with Crippen LogP contribution in [0.3, 0.4) is 0 Å². The van der Waals surface area contributed by atoms with Crippen LogP contribution < -0.4 is 15.6 Å². The second kappa shape index (κ2) is 9.09. The van der Waals surface area contributed by atoms with Crippen LogP contribution in [0.15, 0.2) is 57.3 Å². The number of hydrogen-bond donors (Lipinski definition) is 2. The van der Waals surface area contributed by atoms with Gasteiger partial charge in [0.05, 0.1) is 18.0 Å². The summed E-state index contributed by atoms with van der Waals surface area (Å²) in [5.74, 6) is -1.10. The summed E-state index contributed by atoms with van der Waals surface area (Å²) >= 11 is 11.3. The first kappa shape index (κ1) is 22.6. The van der Waals surface area contributed by atoms with E-state index in [-0.39, 0.29) is 11.2 Å². The van der Waals surface area contributed by atoms with E-state index in [1.807, 2.05) is 30.3 Å². The maximum Gasteiger partial charge on any atom is 0.349 e. The highest BCUT2D eigenvalue weighted by Gasteiger charge is 2.22. The molecule has 2 aromatic carbocycles. The number of nitrogens with zero attached hydrogens (tertiary/aromatic N) is 2. The van der Waals surface area contributed by atoms with Crippen LogP contribution in [0.1, 0.15) is 17.8 Å². The molecule has 8 nitrogen and oxygen atoms in total. The monoisotopic (exact) mass is 485 g/mol. The molecule has 1 aromatic heterocycles. The molecule has 1 aliphatic heterocycles. The molecule has 0 unspecified atom stereocenters. The van der Waals surface area contributed by atoms with Crippen molar-refractivity contribution in [1.29, 1.82) is 0 Å². The van der Waals surface area contributed by atoms with E-state index in [1.165, 1.54) is 12.1 Å². The van der Waals surface area contributed by atoms with E-state index in [4.69, 9.17) is 33.0 Å². The number of fused-ring (bicyclic) bond motifs is 2. The van der Waals surface area contributed by atoms with E-state index in [0.29, 0.717) is 29.7 Å². The number of amides is 1. The lowest BCUT2D eigenvalue weighted by atomic mass is 10.1. The zero-order valence-electron chi connectivity index (χ0n) is 17.3. The Kier molecular flexibility index (Phi) is 6.22. The number of aromatic nitrogens is 2. The maximum atomic E-state index is 13.0. The van der Waals surface area contributed by atoms with Crippen molar-refractivity contribution >= 4 is 63.3 Å². The molecule has 1 aliphatic rings. The van der Waals surface area contributed by atoms with E-state index < -0.39 is 21.9 Å². The largest absolute Gasteiger partial charge is 0.497 e. The van der Waals surface area contributed by atoms with E-state index in [0.717, 1.165) is 16.9 Å². The SMILES string of the molecule is COc1ccc(/C=C2\CCn3c2nc2cc(NC(=O)/C(Cl)=C(/Cl)C(=O)O)ccc2c3=O)cc1. The quantitative estimate of drug-likeness (QED) is 0.527. The number of rotatable bonds is 5. The van der Waals surface area contributed by atoms with E-state index in [1.54, 1.807) is 17.7 Å². The minimum atomic E-state index is -1.52. The van der Waals surface area contributed by atoms with E-state index in [2.05, 4.69) is 10.3 Å². The number of aliphatic carboxylic acids is 1. The van der Waals surface area contributed by atoms with Gasteiger partial charge in [0.1, 0.15) is 21.6 Å². The first-order chi connectivity index (χ1) is 15.8. The van der Waals surface area contributed by atoms with E-state index >= 15 is 0 Å². The minimum Gasteiger partial charge on any atom is -0.497 e. The Balaban J connectivity index is 1.70. The van der Waals surface area contributed by atoms with Gasteiger partial charge in [-0.25, -0.2) is 9.78 Å². The molecule has 0 saturated heterocycles. The summed E-state index contributed by atoms with van der Waals surface area (Å²) in [5, 5.41) is 10.3. The molecule has 0 atom stereocenters. The third kappa shape index (κ3) is 4.48. The molecular formula is C23H17Cl2N3O5. The molecule has 0 spiro atoms. The number of halogens is 2. The van der Waals surface area contributed by atoms with Gasteiger partial charge in [0.15, 0.2) is 0 Å². The first-order valence-corrected chi connectivity index (χ1v) is 10.5. The number of carbonyl (C=O) groups is 2. The smallest absolute Gasteiger partial charge is 0.349 e. The molecule has 4 rings (SSSR count). The number of hydrogen-bond acceptors (Lipinski definition) is 5. The standard InChI is InChI=1S/C23H17Cl2N3O5/c1-33-15-5-2-12(3-6-15)10-13-8-9-28-20(13)27-17-11-14(4-7-16(17)22(28)30)26-21(29)18(24)19(25)23(31)32/h2-7,10-11H,8-9H2,1H3,(H,26,29)(H,31,32)/b13-10+,19-18-. The number of anilines is 1. The number of ether oxygens (including phenoxy) is 1. The van der Waals surface area contributed by atoms with Gasteiger partial charge in [-0.15, -0.1) is 0 Å². The van der Waals surface area contributed by atoms with Gasteiger partial charge in [-0.05, 0) is 54.0 Å². The summed E-state index contributed by atoms with van der Waals surface area (Å²) in [5.41, 5.74) is 2.35. The number of carboxylic acids is 1. The molecule has 10 heteroatoms. The Morgan fingerprint density at radius 1 is 1.15 bits per heavy atom. The minimum absolute atomic E-state index is 0.183. The van der Waals surface area contributed by atoms with Gasteiger partial charge in [0.2, 0.25) is 0 Å². The summed E-state index contributed by atoms with van der Waals surface area (Å²) in [7, 11) is 1.60. The van der Waals surface area contributed by atoms with Crippen molar-refractivity contribution in [1.82, 2.24) is 9.55 Å². The van der Waals surface area contributed by atoms with Crippen molar-refractivity contribution in [2.45, 2.75) is 13.0 Å². The van der Waals surface area contributed by atoms with Gasteiger partial charge in [-0.2, -0.15) is 0 Å². The number of carboxylic acid groups (broad SMARTS) is 1. The highest BCUT2D eigenvalue weighted by Crippen LogP contribution is 2.29. The summed E-state index contributed by atoms with van der Waals surface area (Å²) in [6, 6.07) is 12.1. The second-order valence-corrected chi connectivity index (χ2v) is 7.96. The summed E-state index contributed by atoms with van der Waals surface area (Å²) in [6.45, 7) is 0.520. The van der Waals surface area contributed by atoms with Crippen LogP contribution in [-0.2, 0) is 16.1 Å². The summed E-state index contributed by atoms with van der Waals surface area (Å²) in [6.07, 6.45) is 2.63. The van der Waals surface area contributed by atoms with Crippen LogP contribution in [0.4, 0.5) is 5.69 Å². The van der Waals surface area contributed by atoms with Crippen molar-refractivity contribution in [3.8, 4) is 5.75 Å². The van der Waals surface area contributed by atoms with Crippen molar-refractivity contribution in [2.24, 2.45) is 0 Å². The van der Waals surface area contributed by atoms with Gasteiger partial charge in [-0.1, -0.05) is 35.3 Å². The molecule has 2 heterocycles. The Hall–Kier alpha value is -3.62. The van der Waals surface area contributed by atoms with Crippen molar-refractivity contribution < 1.29 is 19.4 Å². The molecule has 33 heavy (non-hydrogen) atoms. The molecule has 0 aliphatic carbocycles. The van der Waals surface area contributed by atoms with Gasteiger partial charge in [0.25, 0.3) is 11.5 Å². The Bertz CT molecular complexity index is 1410. The number of methoxy groups -OCH3 is 1. The molecule has 0 bridgehead atoms. The van der Waals surface area contributed by atoms with E-state index in [9.17, 15) is 14.4 Å². The fourth-order valence-corrected chi connectivity index (χ4v) is 3.73. The van der Waals surface area contributed by atoms with Crippen LogP contribution in [-0.4, -0.2) is 33.6 Å². The van der Waals surface area contributed by atoms with Gasteiger partial charge in [-0.3, -0.25) is 14.2 Å². The lowest BCUT2D eigenvalue weighted by Crippen LogP contribution is -2.21. The molecular weight excluding hydrogens is 469 g/mol. The highest BCUT2D eigenvalue weighted by atomic mass is 35.5. The normalized spacial score (nSPS) is 14.7. The van der Waals surface area contributed by atoms with Gasteiger partial charge in [0, 0.05) is 12.2 Å². The highest BCUT2D eigenvalue weighted by molar-refractivity contribution is 6.54. The van der Waals surface area contributed by atoms with Crippen LogP contribution >= 0.6 is 23.2 Å². The predicted molar refractivity (Wildman–Crippen MR) is 126 cm³/mol. The predicted octanol–water partition coefficient (Wildman–Crippen LogP) is 4.06. The third-order valence-corrected chi connectivity index (χ3v) is 5.95. The Morgan fingerprint density at radius 3 is 2.55 bits per heavy atom.